The van der Waals surface area contributed by atoms with Gasteiger partial charge in [0.2, 0.25) is 5.91 Å². The summed E-state index contributed by atoms with van der Waals surface area (Å²) in [6.45, 7) is 2.76. The van der Waals surface area contributed by atoms with Crippen LogP contribution in [0.3, 0.4) is 0 Å². The number of hydrogen-bond acceptors (Lipinski definition) is 3. The number of anilines is 1. The van der Waals surface area contributed by atoms with Crippen LogP contribution in [0.5, 0.6) is 0 Å². The summed E-state index contributed by atoms with van der Waals surface area (Å²) in [5, 5.41) is 0.953. The van der Waals surface area contributed by atoms with E-state index in [0.29, 0.717) is 5.69 Å². The van der Waals surface area contributed by atoms with Crippen molar-refractivity contribution in [1.29, 1.82) is 0 Å². The fourth-order valence-electron chi connectivity index (χ4n) is 3.44. The summed E-state index contributed by atoms with van der Waals surface area (Å²) in [6.07, 6.45) is 5.28. The lowest BCUT2D eigenvalue weighted by molar-refractivity contribution is 0.0816. The molecule has 0 saturated heterocycles. The molecule has 0 radical (unpaired) electrons. The predicted octanol–water partition coefficient (Wildman–Crippen LogP) is 2.63. The lowest BCUT2D eigenvalue weighted by atomic mass is 9.95. The van der Waals surface area contributed by atoms with Crippen molar-refractivity contribution in [3.8, 4) is 0 Å². The minimum absolute atomic E-state index is 0.0156. The zero-order valence-electron chi connectivity index (χ0n) is 12.5. The number of carbonyl (C=O) groups is 1. The standard InChI is InChI=1S/C17H18N4O/c1-11-16(18)14-4-2-3-5-15(14)21(11)17(22)12-6-7-20-10-19-9-13(20)8-12/h2-5,9-10,12H,6-8,18H2,1H3. The minimum Gasteiger partial charge on any atom is -0.397 e. The van der Waals surface area contributed by atoms with Gasteiger partial charge < -0.3 is 10.3 Å². The van der Waals surface area contributed by atoms with Gasteiger partial charge in [0.1, 0.15) is 0 Å². The maximum absolute atomic E-state index is 13.1. The van der Waals surface area contributed by atoms with Crippen molar-refractivity contribution in [2.45, 2.75) is 26.3 Å². The van der Waals surface area contributed by atoms with Crippen molar-refractivity contribution in [3.05, 3.63) is 48.2 Å². The number of nitrogens with zero attached hydrogens (tertiary/aromatic N) is 3. The van der Waals surface area contributed by atoms with E-state index in [1.807, 2.05) is 43.7 Å². The van der Waals surface area contributed by atoms with Gasteiger partial charge in [0, 0.05) is 41.9 Å². The summed E-state index contributed by atoms with van der Waals surface area (Å²) < 4.78 is 3.92. The number of nitrogen functional groups attached to an aromatic ring is 1. The van der Waals surface area contributed by atoms with Crippen LogP contribution in [0.4, 0.5) is 5.69 Å². The molecule has 2 aromatic heterocycles. The molecule has 0 amide bonds. The molecule has 112 valence electrons. The number of nitrogens with two attached hydrogens (primary N) is 1. The topological polar surface area (TPSA) is 65.8 Å². The summed E-state index contributed by atoms with van der Waals surface area (Å²) in [5.74, 6) is 0.121. The third-order valence-electron chi connectivity index (χ3n) is 4.70. The molecule has 1 aliphatic rings. The quantitative estimate of drug-likeness (QED) is 0.750. The molecule has 3 heterocycles. The van der Waals surface area contributed by atoms with Crippen LogP contribution in [0.15, 0.2) is 36.8 Å². The number of fused-ring (bicyclic) bond motifs is 2. The fourth-order valence-corrected chi connectivity index (χ4v) is 3.44. The maximum atomic E-state index is 13.1. The summed E-state index contributed by atoms with van der Waals surface area (Å²) >= 11 is 0. The van der Waals surface area contributed by atoms with E-state index >= 15 is 0 Å². The molecule has 22 heavy (non-hydrogen) atoms. The Labute approximate surface area is 128 Å². The van der Waals surface area contributed by atoms with Gasteiger partial charge in [0.25, 0.3) is 0 Å². The molecule has 2 N–H and O–H groups in total. The van der Waals surface area contributed by atoms with Crippen LogP contribution in [0.2, 0.25) is 0 Å². The van der Waals surface area contributed by atoms with Crippen LogP contribution >= 0.6 is 0 Å². The zero-order chi connectivity index (χ0) is 15.3. The second kappa shape index (κ2) is 4.73. The third kappa shape index (κ3) is 1.78. The average Bonchev–Trinajstić information content (AvgIpc) is 3.10. The first-order valence-corrected chi connectivity index (χ1v) is 7.55. The van der Waals surface area contributed by atoms with E-state index in [4.69, 9.17) is 5.73 Å². The molecule has 3 aromatic rings. The number of para-hydroxylation sites is 1. The Balaban J connectivity index is 1.77. The lowest BCUT2D eigenvalue weighted by Gasteiger charge is -2.23. The Hall–Kier alpha value is -2.56. The van der Waals surface area contributed by atoms with Crippen LogP contribution < -0.4 is 5.73 Å². The van der Waals surface area contributed by atoms with Gasteiger partial charge in [-0.25, -0.2) is 4.98 Å². The zero-order valence-corrected chi connectivity index (χ0v) is 12.5. The number of imidazole rings is 1. The molecule has 0 spiro atoms. The number of rotatable bonds is 1. The molecular formula is C17H18N4O. The van der Waals surface area contributed by atoms with Crippen molar-refractivity contribution < 1.29 is 4.79 Å². The average molecular weight is 294 g/mol. The van der Waals surface area contributed by atoms with E-state index in [2.05, 4.69) is 9.55 Å². The molecule has 1 unspecified atom stereocenters. The fraction of sp³-hybridized carbons (Fsp3) is 0.294. The molecule has 1 atom stereocenters. The van der Waals surface area contributed by atoms with Gasteiger partial charge in [-0.2, -0.15) is 0 Å². The molecular weight excluding hydrogens is 276 g/mol. The molecule has 4 rings (SSSR count). The van der Waals surface area contributed by atoms with E-state index < -0.39 is 0 Å². The Bertz CT molecular complexity index is 874. The Kier molecular flexibility index (Phi) is 2.82. The first-order valence-electron chi connectivity index (χ1n) is 7.55. The smallest absolute Gasteiger partial charge is 0.234 e. The van der Waals surface area contributed by atoms with Gasteiger partial charge >= 0.3 is 0 Å². The molecule has 5 nitrogen and oxygen atoms in total. The summed E-state index contributed by atoms with van der Waals surface area (Å²) in [7, 11) is 0. The van der Waals surface area contributed by atoms with Crippen molar-refractivity contribution >= 4 is 22.5 Å². The molecule has 5 heteroatoms. The summed E-state index contributed by atoms with van der Waals surface area (Å²) in [6, 6.07) is 7.83. The molecule has 1 aliphatic heterocycles. The Morgan fingerprint density at radius 3 is 3.05 bits per heavy atom. The monoisotopic (exact) mass is 294 g/mol. The predicted molar refractivity (Wildman–Crippen MR) is 85.8 cm³/mol. The highest BCUT2D eigenvalue weighted by molar-refractivity contribution is 6.01. The highest BCUT2D eigenvalue weighted by atomic mass is 16.2. The van der Waals surface area contributed by atoms with Crippen LogP contribution in [0, 0.1) is 12.8 Å². The van der Waals surface area contributed by atoms with E-state index in [-0.39, 0.29) is 11.8 Å². The number of hydrogen-bond donors (Lipinski definition) is 1. The second-order valence-electron chi connectivity index (χ2n) is 5.96. The molecule has 0 saturated carbocycles. The van der Waals surface area contributed by atoms with E-state index in [1.165, 1.54) is 0 Å². The van der Waals surface area contributed by atoms with Crippen LogP contribution in [-0.4, -0.2) is 20.0 Å². The number of aromatic nitrogens is 3. The summed E-state index contributed by atoms with van der Waals surface area (Å²) in [4.78, 5) is 17.2. The molecule has 0 bridgehead atoms. The largest absolute Gasteiger partial charge is 0.397 e. The van der Waals surface area contributed by atoms with Gasteiger partial charge in [-0.15, -0.1) is 0 Å². The third-order valence-corrected chi connectivity index (χ3v) is 4.70. The Morgan fingerprint density at radius 1 is 1.36 bits per heavy atom. The summed E-state index contributed by atoms with van der Waals surface area (Å²) in [5.41, 5.74) is 9.75. The highest BCUT2D eigenvalue weighted by Crippen LogP contribution is 2.30. The normalized spacial score (nSPS) is 17.6. The number of carbonyl (C=O) groups excluding carboxylic acids is 1. The van der Waals surface area contributed by atoms with Gasteiger partial charge in [0.15, 0.2) is 0 Å². The first kappa shape index (κ1) is 13.1. The van der Waals surface area contributed by atoms with Crippen molar-refractivity contribution in [2.24, 2.45) is 5.92 Å². The van der Waals surface area contributed by atoms with Crippen molar-refractivity contribution in [1.82, 2.24) is 14.1 Å². The van der Waals surface area contributed by atoms with Crippen molar-refractivity contribution in [2.75, 3.05) is 5.73 Å². The van der Waals surface area contributed by atoms with Gasteiger partial charge in [-0.05, 0) is 19.4 Å². The van der Waals surface area contributed by atoms with E-state index in [9.17, 15) is 4.79 Å². The first-order chi connectivity index (χ1) is 10.7. The molecule has 0 fully saturated rings. The van der Waals surface area contributed by atoms with Crippen LogP contribution in [0.1, 0.15) is 22.6 Å². The van der Waals surface area contributed by atoms with Crippen molar-refractivity contribution in [3.63, 3.8) is 0 Å². The highest BCUT2D eigenvalue weighted by Gasteiger charge is 2.28. The lowest BCUT2D eigenvalue weighted by Crippen LogP contribution is -2.29. The van der Waals surface area contributed by atoms with Gasteiger partial charge in [-0.3, -0.25) is 9.36 Å². The second-order valence-corrected chi connectivity index (χ2v) is 5.96. The van der Waals surface area contributed by atoms with Gasteiger partial charge in [0.05, 0.1) is 17.5 Å². The molecule has 0 aliphatic carbocycles. The molecule has 1 aromatic carbocycles. The van der Waals surface area contributed by atoms with Crippen LogP contribution in [-0.2, 0) is 13.0 Å². The maximum Gasteiger partial charge on any atom is 0.234 e. The van der Waals surface area contributed by atoms with Crippen LogP contribution in [0.25, 0.3) is 10.9 Å². The number of aryl methyl sites for hydroxylation is 1. The van der Waals surface area contributed by atoms with E-state index in [1.54, 1.807) is 4.57 Å². The Morgan fingerprint density at radius 2 is 2.18 bits per heavy atom. The van der Waals surface area contributed by atoms with Gasteiger partial charge in [-0.1, -0.05) is 18.2 Å². The SMILES string of the molecule is Cc1c(N)c2ccccc2n1C(=O)C1CCn2cncc2C1. The number of benzene rings is 1. The minimum atomic E-state index is -0.0156. The van der Waals surface area contributed by atoms with E-state index in [0.717, 1.165) is 41.7 Å².